The summed E-state index contributed by atoms with van der Waals surface area (Å²) >= 11 is 6.06. The maximum Gasteiger partial charge on any atom is 0.244 e. The lowest BCUT2D eigenvalue weighted by molar-refractivity contribution is -0.116. The van der Waals surface area contributed by atoms with E-state index >= 15 is 0 Å². The Balaban J connectivity index is 2.60. The average Bonchev–Trinajstić information content (AvgIpc) is 2.60. The molecule has 1 rings (SSSR count). The van der Waals surface area contributed by atoms with Crippen LogP contribution >= 0.6 is 11.6 Å². The van der Waals surface area contributed by atoms with Gasteiger partial charge in [-0.25, -0.2) is 0 Å². The van der Waals surface area contributed by atoms with Gasteiger partial charge in [-0.05, 0) is 49.5 Å². The van der Waals surface area contributed by atoms with Crippen LogP contribution in [-0.4, -0.2) is 18.6 Å². The molecule has 0 saturated carbocycles. The standard InChI is InChI=1S/C23H34ClNO2/c1-5-6-7-12-21(27-22-14-9-11-20(24)16-22)13-8-10-19(4)15-23(26)25-17-18(2)3/h8-11,14-16,18,21H,5-7,12-13,17H2,1-4H3,(H,25,26)/b10-8+,19-15+. The number of benzene rings is 1. The molecule has 0 aliphatic carbocycles. The zero-order chi connectivity index (χ0) is 20.1. The van der Waals surface area contributed by atoms with Crippen molar-refractivity contribution in [2.75, 3.05) is 6.54 Å². The van der Waals surface area contributed by atoms with Crippen LogP contribution in [-0.2, 0) is 4.79 Å². The van der Waals surface area contributed by atoms with Crippen LogP contribution in [0.25, 0.3) is 0 Å². The number of hydrogen-bond acceptors (Lipinski definition) is 2. The molecule has 1 aromatic rings. The van der Waals surface area contributed by atoms with Crippen LogP contribution in [0.5, 0.6) is 5.75 Å². The fourth-order valence-electron chi connectivity index (χ4n) is 2.60. The number of ether oxygens (including phenoxy) is 1. The topological polar surface area (TPSA) is 38.3 Å². The number of allylic oxidation sites excluding steroid dienone is 2. The highest BCUT2D eigenvalue weighted by Gasteiger charge is 2.09. The van der Waals surface area contributed by atoms with Gasteiger partial charge < -0.3 is 10.1 Å². The van der Waals surface area contributed by atoms with Gasteiger partial charge in [0.25, 0.3) is 0 Å². The molecule has 4 heteroatoms. The van der Waals surface area contributed by atoms with Gasteiger partial charge in [0.15, 0.2) is 0 Å². The number of carbonyl (C=O) groups excluding carboxylic acids is 1. The van der Waals surface area contributed by atoms with Gasteiger partial charge in [0.2, 0.25) is 5.91 Å². The largest absolute Gasteiger partial charge is 0.490 e. The zero-order valence-corrected chi connectivity index (χ0v) is 17.9. The second-order valence-corrected chi connectivity index (χ2v) is 7.79. The first kappa shape index (κ1) is 23.3. The molecule has 0 aromatic heterocycles. The first-order valence-corrected chi connectivity index (χ1v) is 10.3. The molecule has 0 spiro atoms. The molecular weight excluding hydrogens is 358 g/mol. The van der Waals surface area contributed by atoms with Crippen molar-refractivity contribution in [3.63, 3.8) is 0 Å². The normalized spacial score (nSPS) is 13.2. The molecule has 0 aliphatic heterocycles. The lowest BCUT2D eigenvalue weighted by atomic mass is 10.1. The number of nitrogens with one attached hydrogen (secondary N) is 1. The molecule has 0 radical (unpaired) electrons. The monoisotopic (exact) mass is 391 g/mol. The second kappa shape index (κ2) is 13.4. The highest BCUT2D eigenvalue weighted by atomic mass is 35.5. The van der Waals surface area contributed by atoms with Gasteiger partial charge >= 0.3 is 0 Å². The minimum atomic E-state index is -0.0412. The molecule has 1 N–H and O–H groups in total. The third-order valence-corrected chi connectivity index (χ3v) is 4.29. The summed E-state index contributed by atoms with van der Waals surface area (Å²) in [6.07, 6.45) is 11.2. The summed E-state index contributed by atoms with van der Waals surface area (Å²) in [5.74, 6) is 1.21. The third kappa shape index (κ3) is 11.6. The molecule has 0 bridgehead atoms. The molecule has 1 aromatic carbocycles. The van der Waals surface area contributed by atoms with Crippen LogP contribution < -0.4 is 10.1 Å². The molecule has 1 unspecified atom stereocenters. The predicted octanol–water partition coefficient (Wildman–Crippen LogP) is 6.33. The van der Waals surface area contributed by atoms with Crippen molar-refractivity contribution in [1.29, 1.82) is 0 Å². The molecule has 0 aliphatic rings. The van der Waals surface area contributed by atoms with Crippen LogP contribution in [0.2, 0.25) is 5.02 Å². The molecule has 1 amide bonds. The number of amides is 1. The van der Waals surface area contributed by atoms with E-state index in [1.54, 1.807) is 6.08 Å². The van der Waals surface area contributed by atoms with E-state index in [0.717, 1.165) is 30.6 Å². The predicted molar refractivity (Wildman–Crippen MR) is 115 cm³/mol. The van der Waals surface area contributed by atoms with Crippen LogP contribution in [0.1, 0.15) is 59.8 Å². The van der Waals surface area contributed by atoms with Crippen molar-refractivity contribution in [2.24, 2.45) is 5.92 Å². The van der Waals surface area contributed by atoms with Crippen LogP contribution in [0, 0.1) is 5.92 Å². The Bertz CT molecular complexity index is 623. The van der Waals surface area contributed by atoms with Gasteiger partial charge in [0, 0.05) is 24.1 Å². The Labute approximate surface area is 169 Å². The van der Waals surface area contributed by atoms with E-state index in [1.165, 1.54) is 12.8 Å². The smallest absolute Gasteiger partial charge is 0.244 e. The van der Waals surface area contributed by atoms with Crippen molar-refractivity contribution in [1.82, 2.24) is 5.32 Å². The Kier molecular flexibility index (Phi) is 11.6. The van der Waals surface area contributed by atoms with Gasteiger partial charge in [-0.1, -0.05) is 63.4 Å². The SMILES string of the molecule is CCCCCC(C/C=C/C(C)=C/C(=O)NCC(C)C)Oc1cccc(Cl)c1. The zero-order valence-electron chi connectivity index (χ0n) is 17.1. The van der Waals surface area contributed by atoms with Crippen molar-refractivity contribution in [3.05, 3.63) is 53.1 Å². The van der Waals surface area contributed by atoms with Gasteiger partial charge in [0.05, 0.1) is 0 Å². The van der Waals surface area contributed by atoms with Crippen molar-refractivity contribution >= 4 is 17.5 Å². The molecule has 0 saturated heterocycles. The minimum Gasteiger partial charge on any atom is -0.490 e. The summed E-state index contributed by atoms with van der Waals surface area (Å²) in [4.78, 5) is 11.8. The molecule has 0 heterocycles. The van der Waals surface area contributed by atoms with Crippen molar-refractivity contribution in [2.45, 2.75) is 65.9 Å². The highest BCUT2D eigenvalue weighted by molar-refractivity contribution is 6.30. The number of hydrogen-bond donors (Lipinski definition) is 1. The second-order valence-electron chi connectivity index (χ2n) is 7.36. The van der Waals surface area contributed by atoms with Crippen molar-refractivity contribution in [3.8, 4) is 5.75 Å². The molecular formula is C23H34ClNO2. The Morgan fingerprint density at radius 2 is 2.07 bits per heavy atom. The lowest BCUT2D eigenvalue weighted by Crippen LogP contribution is -2.25. The molecule has 1 atom stereocenters. The lowest BCUT2D eigenvalue weighted by Gasteiger charge is -2.18. The number of rotatable bonds is 12. The summed E-state index contributed by atoms with van der Waals surface area (Å²) in [6, 6.07) is 7.53. The van der Waals surface area contributed by atoms with E-state index in [2.05, 4.69) is 32.2 Å². The van der Waals surface area contributed by atoms with Gasteiger partial charge in [-0.3, -0.25) is 4.79 Å². The maximum absolute atomic E-state index is 11.8. The summed E-state index contributed by atoms with van der Waals surface area (Å²) in [5.41, 5.74) is 0.936. The summed E-state index contributed by atoms with van der Waals surface area (Å²) in [5, 5.41) is 3.58. The Morgan fingerprint density at radius 3 is 2.74 bits per heavy atom. The van der Waals surface area contributed by atoms with Gasteiger partial charge in [0.1, 0.15) is 11.9 Å². The summed E-state index contributed by atoms with van der Waals surface area (Å²) in [6.45, 7) is 8.99. The average molecular weight is 392 g/mol. The van der Waals surface area contributed by atoms with E-state index in [4.69, 9.17) is 16.3 Å². The van der Waals surface area contributed by atoms with Gasteiger partial charge in [-0.15, -0.1) is 0 Å². The highest BCUT2D eigenvalue weighted by Crippen LogP contribution is 2.21. The first-order chi connectivity index (χ1) is 12.9. The Morgan fingerprint density at radius 1 is 1.30 bits per heavy atom. The van der Waals surface area contributed by atoms with E-state index in [9.17, 15) is 4.79 Å². The quantitative estimate of drug-likeness (QED) is 0.256. The van der Waals surface area contributed by atoms with E-state index < -0.39 is 0 Å². The van der Waals surface area contributed by atoms with Crippen molar-refractivity contribution < 1.29 is 9.53 Å². The Hall–Kier alpha value is -1.74. The number of halogens is 1. The molecule has 27 heavy (non-hydrogen) atoms. The molecule has 0 fully saturated rings. The van der Waals surface area contributed by atoms with Crippen LogP contribution in [0.4, 0.5) is 0 Å². The fourth-order valence-corrected chi connectivity index (χ4v) is 2.78. The van der Waals surface area contributed by atoms with E-state index in [-0.39, 0.29) is 12.0 Å². The maximum atomic E-state index is 11.8. The van der Waals surface area contributed by atoms with Crippen LogP contribution in [0.15, 0.2) is 48.1 Å². The fraction of sp³-hybridized carbons (Fsp3) is 0.522. The molecule has 150 valence electrons. The number of unbranched alkanes of at least 4 members (excludes halogenated alkanes) is 2. The third-order valence-electron chi connectivity index (χ3n) is 4.05. The van der Waals surface area contributed by atoms with E-state index in [1.807, 2.05) is 37.3 Å². The minimum absolute atomic E-state index is 0.0412. The summed E-state index contributed by atoms with van der Waals surface area (Å²) in [7, 11) is 0. The van der Waals surface area contributed by atoms with Gasteiger partial charge in [-0.2, -0.15) is 0 Å². The summed E-state index contributed by atoms with van der Waals surface area (Å²) < 4.78 is 6.14. The van der Waals surface area contributed by atoms with E-state index in [0.29, 0.717) is 17.5 Å². The van der Waals surface area contributed by atoms with Crippen LogP contribution in [0.3, 0.4) is 0 Å². The number of carbonyl (C=O) groups is 1. The molecule has 3 nitrogen and oxygen atoms in total. The first-order valence-electron chi connectivity index (χ1n) is 9.95.